The zero-order valence-corrected chi connectivity index (χ0v) is 62.0. The largest absolute Gasteiger partial charge is 0.738 e. The van der Waals surface area contributed by atoms with Crippen molar-refractivity contribution in [3.05, 3.63) is 393 Å². The molecule has 2 aromatic heterocycles. The number of benzene rings is 14. The van der Waals surface area contributed by atoms with Crippen molar-refractivity contribution in [2.75, 3.05) is 0 Å². The van der Waals surface area contributed by atoms with Gasteiger partial charge >= 0.3 is 8.88 Å². The molecule has 4 aliphatic heterocycles. The van der Waals surface area contributed by atoms with Crippen molar-refractivity contribution >= 4 is 76.8 Å². The molecule has 4 aliphatic rings. The standard InChI is InChI=1S/C92H56N10O14Si/c103-101(104)57-41-45-67(46-42-57)115-117(116-68-47-43-58(44-48-68)102(105)106)99-89-73-53-81(111-63-33-17-5-18-34-63)82(112-64-35-19-6-20-36-64)54-74(73)91(99)97-87-71-51-79(109-61-29-13-3-14-30-61)80(110-62-31-15-4-16-32-62)52-72(71)88(94-87)98-92-76-56-84(114-66-39-23-8-24-40-66)83(113-65-37-21-7-22-38-65)55-75(76)90(100(92)117)96-86-70-50-78(108-60-27-11-2-12-28-60)77(49-69(70)85(93-86)95-89)107-59-25-9-1-10-26-59/h1-56H. The van der Waals surface area contributed by atoms with Gasteiger partial charge in [-0.25, -0.2) is 30.0 Å². The lowest BCUT2D eigenvalue weighted by molar-refractivity contribution is -0.385. The van der Waals surface area contributed by atoms with Crippen LogP contribution in [-0.2, 0) is 0 Å². The fourth-order valence-corrected chi connectivity index (χ4v) is 17.3. The number of nitrogens with zero attached hydrogens (tertiary/aromatic N) is 10. The summed E-state index contributed by atoms with van der Waals surface area (Å²) in [4.78, 5) is 59.2. The molecule has 0 saturated heterocycles. The lowest BCUT2D eigenvalue weighted by Gasteiger charge is -2.33. The van der Waals surface area contributed by atoms with E-state index in [9.17, 15) is 20.2 Å². The molecule has 0 fully saturated rings. The van der Waals surface area contributed by atoms with Gasteiger partial charge in [0.15, 0.2) is 69.3 Å². The minimum atomic E-state index is -5.67. The minimum absolute atomic E-state index is 0.00155. The summed E-state index contributed by atoms with van der Waals surface area (Å²) in [6.45, 7) is 0. The van der Waals surface area contributed by atoms with Crippen LogP contribution in [0.1, 0.15) is 22.3 Å². The van der Waals surface area contributed by atoms with Gasteiger partial charge < -0.3 is 46.7 Å². The number of rotatable bonds is 22. The van der Waals surface area contributed by atoms with Gasteiger partial charge in [-0.3, -0.25) is 28.7 Å². The Morgan fingerprint density at radius 3 is 0.701 bits per heavy atom. The quantitative estimate of drug-likeness (QED) is 0.0347. The van der Waals surface area contributed by atoms with Gasteiger partial charge in [0.2, 0.25) is 0 Å². The third-order valence-corrected chi connectivity index (χ3v) is 22.3. The summed E-state index contributed by atoms with van der Waals surface area (Å²) in [6, 6.07) is 99.1. The molecule has 14 aromatic carbocycles. The van der Waals surface area contributed by atoms with Crippen molar-refractivity contribution in [1.82, 2.24) is 8.47 Å². The van der Waals surface area contributed by atoms with Gasteiger partial charge in [0.25, 0.3) is 11.4 Å². The van der Waals surface area contributed by atoms with Gasteiger partial charge in [-0.2, -0.15) is 0 Å². The molecule has 6 bridgehead atoms. The van der Waals surface area contributed by atoms with E-state index in [1.165, 1.54) is 48.5 Å². The Hall–Kier alpha value is -16.5. The second-order valence-electron chi connectivity index (χ2n) is 26.9. The van der Waals surface area contributed by atoms with E-state index in [1.54, 1.807) is 57.0 Å². The van der Waals surface area contributed by atoms with E-state index < -0.39 is 18.7 Å². The first kappa shape index (κ1) is 69.6. The zero-order chi connectivity index (χ0) is 78.5. The Balaban J connectivity index is 1.00. The average molecular weight is 1550 g/mol. The minimum Gasteiger partial charge on any atom is -0.480 e. The predicted molar refractivity (Wildman–Crippen MR) is 441 cm³/mol. The van der Waals surface area contributed by atoms with Gasteiger partial charge in [0.1, 0.15) is 80.1 Å². The maximum atomic E-state index is 12.9. The number of aliphatic imine (C=N–C) groups is 4. The highest BCUT2D eigenvalue weighted by atomic mass is 28.4. The van der Waals surface area contributed by atoms with E-state index in [-0.39, 0.29) is 115 Å². The van der Waals surface area contributed by atoms with Crippen molar-refractivity contribution < 1.29 is 56.6 Å². The van der Waals surface area contributed by atoms with Crippen LogP contribution in [0.4, 0.5) is 23.0 Å². The lowest BCUT2D eigenvalue weighted by Crippen LogP contribution is -2.68. The molecule has 0 saturated carbocycles. The number of hydrogen-bond acceptors (Lipinski definition) is 20. The van der Waals surface area contributed by atoms with E-state index >= 15 is 0 Å². The number of amidine groups is 4. The Morgan fingerprint density at radius 1 is 0.239 bits per heavy atom. The van der Waals surface area contributed by atoms with Crippen LogP contribution in [0.5, 0.6) is 103 Å². The summed E-state index contributed by atoms with van der Waals surface area (Å²) < 4.78 is 75.2. The molecular formula is C92H56N10O14Si. The number of non-ortho nitro benzene ring substituents is 2. The number of hydrogen-bond donors (Lipinski definition) is 0. The third kappa shape index (κ3) is 13.4. The third-order valence-electron chi connectivity index (χ3n) is 19.3. The van der Waals surface area contributed by atoms with E-state index in [0.29, 0.717) is 89.8 Å². The zero-order valence-electron chi connectivity index (χ0n) is 61.0. The highest BCUT2D eigenvalue weighted by molar-refractivity contribution is 6.67. The summed E-state index contributed by atoms with van der Waals surface area (Å²) in [5.41, 5.74) is 1.14. The molecule has 24 nitrogen and oxygen atoms in total. The molecule has 0 aliphatic carbocycles. The van der Waals surface area contributed by atoms with Crippen LogP contribution in [-0.4, -0.2) is 50.5 Å². The molecular weight excluding hydrogens is 1500 g/mol. The van der Waals surface area contributed by atoms with E-state index in [4.69, 9.17) is 76.7 Å². The summed E-state index contributed by atoms with van der Waals surface area (Å²) in [7, 11) is -5.67. The summed E-state index contributed by atoms with van der Waals surface area (Å²) in [6.07, 6.45) is 0. The average Bonchev–Trinajstić information content (AvgIpc) is 1.53. The molecule has 562 valence electrons. The second-order valence-corrected chi connectivity index (χ2v) is 29.3. The van der Waals surface area contributed by atoms with Gasteiger partial charge in [0.05, 0.1) is 9.85 Å². The van der Waals surface area contributed by atoms with Crippen molar-refractivity contribution in [3.8, 4) is 103 Å². The van der Waals surface area contributed by atoms with Crippen LogP contribution in [0, 0.1) is 20.2 Å². The maximum Gasteiger partial charge on any atom is 0.738 e. The molecule has 117 heavy (non-hydrogen) atoms. The SMILES string of the molecule is O=[N+]([O-])c1ccc(O[Si]2(Oc3ccc([N+](=O)[O-])cc3)n3c4c5cc(Oc6ccccc6)c(Oc6ccccc6)cc5c3N=C3N=C(N=c5c6cc(Oc7ccccc7)c(Oc7ccccc7)cc6c(n52)=NC2=NC(=N4)c4cc(Oc5ccccc5)c(Oc5ccccc5)cc42)c2cc(Oc4ccccc4)c(Oc4ccccc4)cc23)cc1. The van der Waals surface area contributed by atoms with E-state index in [0.717, 1.165) is 0 Å². The number of aromatic nitrogens is 2. The highest BCUT2D eigenvalue weighted by Gasteiger charge is 2.58. The fourth-order valence-electron chi connectivity index (χ4n) is 14.0. The van der Waals surface area contributed by atoms with E-state index in [1.807, 2.05) is 243 Å². The topological polar surface area (TPSA) is 263 Å². The highest BCUT2D eigenvalue weighted by Crippen LogP contribution is 2.52. The predicted octanol–water partition coefficient (Wildman–Crippen LogP) is 21.7. The van der Waals surface area contributed by atoms with Crippen LogP contribution >= 0.6 is 0 Å². The van der Waals surface area contributed by atoms with Crippen molar-refractivity contribution in [1.29, 1.82) is 0 Å². The molecule has 0 amide bonds. The molecule has 0 N–H and O–H groups in total. The smallest absolute Gasteiger partial charge is 0.480 e. The molecule has 20 rings (SSSR count). The number of ether oxygens (including phenoxy) is 8. The lowest BCUT2D eigenvalue weighted by atomic mass is 10.1. The number of nitro benzene ring substituents is 2. The van der Waals surface area contributed by atoms with E-state index in [2.05, 4.69) is 0 Å². The first-order valence-electron chi connectivity index (χ1n) is 36.8. The monoisotopic (exact) mass is 1550 g/mol. The molecule has 0 unspecified atom stereocenters. The second kappa shape index (κ2) is 29.3. The fraction of sp³-hybridized carbons (Fsp3) is 0. The van der Waals surface area contributed by atoms with Crippen LogP contribution < -0.4 is 57.7 Å². The van der Waals surface area contributed by atoms with Crippen LogP contribution in [0.3, 0.4) is 0 Å². The molecule has 0 radical (unpaired) electrons. The number of nitro groups is 2. The Bertz CT molecular complexity index is 6510. The Labute approximate surface area is 664 Å². The number of fused-ring (bicyclic) bond motifs is 14. The molecule has 16 aromatic rings. The summed E-state index contributed by atoms with van der Waals surface area (Å²) in [5, 5.41) is 27.0. The van der Waals surface area contributed by atoms with Gasteiger partial charge in [0, 0.05) is 68.1 Å². The van der Waals surface area contributed by atoms with Gasteiger partial charge in [-0.15, -0.1) is 0 Å². The normalized spacial score (nSPS) is 13.0. The first-order chi connectivity index (χ1) is 57.5. The Morgan fingerprint density at radius 2 is 0.462 bits per heavy atom. The summed E-state index contributed by atoms with van der Waals surface area (Å²) >= 11 is 0. The molecule has 25 heteroatoms. The van der Waals surface area contributed by atoms with Crippen LogP contribution in [0.2, 0.25) is 0 Å². The maximum absolute atomic E-state index is 12.9. The Kier molecular flexibility index (Phi) is 17.4. The van der Waals surface area contributed by atoms with Crippen LogP contribution in [0.15, 0.2) is 370 Å². The van der Waals surface area contributed by atoms with Crippen molar-refractivity contribution in [2.24, 2.45) is 30.0 Å². The number of para-hydroxylation sites is 8. The van der Waals surface area contributed by atoms with Crippen molar-refractivity contribution in [3.63, 3.8) is 0 Å². The molecule has 0 spiro atoms. The molecule has 6 heterocycles. The van der Waals surface area contributed by atoms with Gasteiger partial charge in [-0.1, -0.05) is 146 Å². The molecule has 0 atom stereocenters. The van der Waals surface area contributed by atoms with Crippen molar-refractivity contribution in [2.45, 2.75) is 0 Å². The first-order valence-corrected chi connectivity index (χ1v) is 38.5. The summed E-state index contributed by atoms with van der Waals surface area (Å²) in [5.74, 6) is 5.84. The van der Waals surface area contributed by atoms with Crippen LogP contribution in [0.25, 0.3) is 21.5 Å². The van der Waals surface area contributed by atoms with Gasteiger partial charge in [-0.05, 0) is 170 Å².